The number of aryl methyl sites for hydroxylation is 1. The Morgan fingerprint density at radius 2 is 1.76 bits per heavy atom. The largest absolute Gasteiger partial charge is 0.496 e. The molecule has 4 rings (SSSR count). The van der Waals surface area contributed by atoms with Crippen molar-refractivity contribution in [3.8, 4) is 22.9 Å². The van der Waals surface area contributed by atoms with Crippen LogP contribution in [0, 0.1) is 0 Å². The van der Waals surface area contributed by atoms with E-state index >= 15 is 0 Å². The fourth-order valence-electron chi connectivity index (χ4n) is 4.07. The molecule has 0 fully saturated rings. The third kappa shape index (κ3) is 5.03. The molecule has 0 unspecified atom stereocenters. The zero-order valence-electron chi connectivity index (χ0n) is 19.3. The van der Waals surface area contributed by atoms with Crippen molar-refractivity contribution in [3.05, 3.63) is 72.1 Å². The van der Waals surface area contributed by atoms with Crippen LogP contribution in [0.25, 0.3) is 11.3 Å². The number of rotatable bonds is 8. The van der Waals surface area contributed by atoms with Crippen LogP contribution in [-0.2, 0) is 11.2 Å². The van der Waals surface area contributed by atoms with Gasteiger partial charge >= 0.3 is 0 Å². The summed E-state index contributed by atoms with van der Waals surface area (Å²) in [4.78, 5) is 14.7. The maximum Gasteiger partial charge on any atom is 0.223 e. The molecule has 1 aliphatic heterocycles. The summed E-state index contributed by atoms with van der Waals surface area (Å²) in [6.45, 7) is 1.22. The zero-order valence-corrected chi connectivity index (χ0v) is 19.3. The summed E-state index contributed by atoms with van der Waals surface area (Å²) in [5, 5.41) is 4.41. The third-order valence-corrected chi connectivity index (χ3v) is 5.88. The van der Waals surface area contributed by atoms with Gasteiger partial charge < -0.3 is 19.1 Å². The lowest BCUT2D eigenvalue weighted by Gasteiger charge is -2.28. The van der Waals surface area contributed by atoms with Crippen LogP contribution in [0.4, 0.5) is 0 Å². The van der Waals surface area contributed by atoms with E-state index < -0.39 is 0 Å². The van der Waals surface area contributed by atoms with Gasteiger partial charge in [-0.1, -0.05) is 24.3 Å². The number of carbonyl (C=O) groups is 1. The predicted molar refractivity (Wildman–Crippen MR) is 127 cm³/mol. The molecular weight excluding hydrogens is 418 g/mol. The van der Waals surface area contributed by atoms with Gasteiger partial charge in [0.1, 0.15) is 17.2 Å². The molecule has 0 spiro atoms. The van der Waals surface area contributed by atoms with Crippen molar-refractivity contribution in [3.63, 3.8) is 0 Å². The summed E-state index contributed by atoms with van der Waals surface area (Å²) in [7, 11) is 4.89. The van der Waals surface area contributed by atoms with Crippen molar-refractivity contribution < 1.29 is 19.0 Å². The summed E-state index contributed by atoms with van der Waals surface area (Å²) in [5.41, 5.74) is 4.09. The van der Waals surface area contributed by atoms with Crippen molar-refractivity contribution in [2.45, 2.75) is 19.3 Å². The smallest absolute Gasteiger partial charge is 0.223 e. The van der Waals surface area contributed by atoms with Gasteiger partial charge in [-0.15, -0.1) is 0 Å². The first-order chi connectivity index (χ1) is 16.1. The van der Waals surface area contributed by atoms with Crippen molar-refractivity contribution in [1.82, 2.24) is 14.7 Å². The Hall–Kier alpha value is -3.74. The third-order valence-electron chi connectivity index (χ3n) is 5.88. The Balaban J connectivity index is 1.39. The van der Waals surface area contributed by atoms with E-state index in [0.717, 1.165) is 28.8 Å². The van der Waals surface area contributed by atoms with E-state index in [4.69, 9.17) is 14.2 Å². The maximum atomic E-state index is 12.8. The molecule has 0 aliphatic carbocycles. The topological polar surface area (TPSA) is 65.8 Å². The van der Waals surface area contributed by atoms with Crippen LogP contribution < -0.4 is 14.2 Å². The number of ether oxygens (including phenoxy) is 3. The van der Waals surface area contributed by atoms with Crippen LogP contribution in [0.2, 0.25) is 0 Å². The lowest BCUT2D eigenvalue weighted by Crippen LogP contribution is -2.34. The standard InChI is InChI=1S/C26H29N3O4/c1-31-22-15-23(32-2)26(24(16-22)33-3)20-11-13-28(14-12-20)25(30)10-9-19-17-27-29(18-19)21-7-5-4-6-8-21/h4-8,11,15-18H,9-10,12-14H2,1-3H3. The number of hydrogen-bond acceptors (Lipinski definition) is 5. The highest BCUT2D eigenvalue weighted by atomic mass is 16.5. The molecule has 0 N–H and O–H groups in total. The highest BCUT2D eigenvalue weighted by Crippen LogP contribution is 2.40. The number of hydrogen-bond donors (Lipinski definition) is 0. The first-order valence-corrected chi connectivity index (χ1v) is 11.0. The van der Waals surface area contributed by atoms with Gasteiger partial charge in [0.25, 0.3) is 0 Å². The molecule has 7 heteroatoms. The lowest BCUT2D eigenvalue weighted by molar-refractivity contribution is -0.130. The number of aromatic nitrogens is 2. The molecule has 33 heavy (non-hydrogen) atoms. The van der Waals surface area contributed by atoms with Crippen LogP contribution >= 0.6 is 0 Å². The number of methoxy groups -OCH3 is 3. The maximum absolute atomic E-state index is 12.8. The average Bonchev–Trinajstić information content (AvgIpc) is 3.36. The number of para-hydroxylation sites is 1. The van der Waals surface area contributed by atoms with Crippen LogP contribution in [-0.4, -0.2) is 55.0 Å². The fourth-order valence-corrected chi connectivity index (χ4v) is 4.07. The SMILES string of the molecule is COc1cc(OC)c(C2=CCN(C(=O)CCc3cnn(-c4ccccc4)c3)CC2)c(OC)c1. The van der Waals surface area contributed by atoms with E-state index in [0.29, 0.717) is 43.2 Å². The Morgan fingerprint density at radius 1 is 1.03 bits per heavy atom. The summed E-state index contributed by atoms with van der Waals surface area (Å²) < 4.78 is 18.4. The Morgan fingerprint density at radius 3 is 2.36 bits per heavy atom. The quantitative estimate of drug-likeness (QED) is 0.519. The van der Waals surface area contributed by atoms with Crippen molar-refractivity contribution in [2.24, 2.45) is 0 Å². The van der Waals surface area contributed by atoms with E-state index in [1.165, 1.54) is 0 Å². The summed E-state index contributed by atoms with van der Waals surface area (Å²) in [5.74, 6) is 2.22. The molecule has 0 saturated heterocycles. The first kappa shape index (κ1) is 22.5. The summed E-state index contributed by atoms with van der Waals surface area (Å²) in [6, 6.07) is 13.7. The number of carbonyl (C=O) groups excluding carboxylic acids is 1. The van der Waals surface area contributed by atoms with Gasteiger partial charge in [-0.3, -0.25) is 4.79 Å². The van der Waals surface area contributed by atoms with E-state index in [1.807, 2.05) is 64.4 Å². The second-order valence-corrected chi connectivity index (χ2v) is 7.85. The normalized spacial score (nSPS) is 13.4. The Bertz CT molecular complexity index is 1110. The van der Waals surface area contributed by atoms with Crippen molar-refractivity contribution in [2.75, 3.05) is 34.4 Å². The summed E-state index contributed by atoms with van der Waals surface area (Å²) in [6.07, 6.45) is 7.76. The molecular formula is C26H29N3O4. The highest BCUT2D eigenvalue weighted by molar-refractivity contribution is 5.81. The fraction of sp³-hybridized carbons (Fsp3) is 0.308. The van der Waals surface area contributed by atoms with E-state index in [1.54, 1.807) is 21.3 Å². The lowest BCUT2D eigenvalue weighted by atomic mass is 9.97. The molecule has 0 bridgehead atoms. The van der Waals surface area contributed by atoms with E-state index in [2.05, 4.69) is 11.2 Å². The minimum atomic E-state index is 0.145. The highest BCUT2D eigenvalue weighted by Gasteiger charge is 2.23. The number of benzene rings is 2. The van der Waals surface area contributed by atoms with Crippen molar-refractivity contribution in [1.29, 1.82) is 0 Å². The predicted octanol–water partition coefficient (Wildman–Crippen LogP) is 4.15. The molecule has 172 valence electrons. The molecule has 7 nitrogen and oxygen atoms in total. The average molecular weight is 448 g/mol. The van der Waals surface area contributed by atoms with Gasteiger partial charge in [-0.2, -0.15) is 5.10 Å². The molecule has 1 aromatic heterocycles. The zero-order chi connectivity index (χ0) is 23.2. The van der Waals surface area contributed by atoms with Crippen LogP contribution in [0.5, 0.6) is 17.2 Å². The van der Waals surface area contributed by atoms with Crippen LogP contribution in [0.3, 0.4) is 0 Å². The monoisotopic (exact) mass is 447 g/mol. The van der Waals surface area contributed by atoms with Gasteiger partial charge in [0.05, 0.1) is 38.8 Å². The second-order valence-electron chi connectivity index (χ2n) is 7.85. The van der Waals surface area contributed by atoms with Gasteiger partial charge in [0, 0.05) is 37.8 Å². The number of nitrogens with zero attached hydrogens (tertiary/aromatic N) is 3. The molecule has 3 aromatic rings. The number of amides is 1. The van der Waals surface area contributed by atoms with Crippen LogP contribution in [0.15, 0.2) is 60.9 Å². The molecule has 0 radical (unpaired) electrons. The second kappa shape index (κ2) is 10.3. The van der Waals surface area contributed by atoms with Gasteiger partial charge in [-0.05, 0) is 36.1 Å². The van der Waals surface area contributed by atoms with Crippen molar-refractivity contribution >= 4 is 11.5 Å². The molecule has 1 aliphatic rings. The Kier molecular flexibility index (Phi) is 6.98. The first-order valence-electron chi connectivity index (χ1n) is 11.0. The molecule has 2 heterocycles. The van der Waals surface area contributed by atoms with Gasteiger partial charge in [0.2, 0.25) is 5.91 Å². The van der Waals surface area contributed by atoms with Gasteiger partial charge in [-0.25, -0.2) is 4.68 Å². The Labute approximate surface area is 194 Å². The van der Waals surface area contributed by atoms with E-state index in [9.17, 15) is 4.79 Å². The van der Waals surface area contributed by atoms with Crippen LogP contribution in [0.1, 0.15) is 24.0 Å². The van der Waals surface area contributed by atoms with Gasteiger partial charge in [0.15, 0.2) is 0 Å². The minimum absolute atomic E-state index is 0.145. The molecule has 2 aromatic carbocycles. The molecule has 1 amide bonds. The minimum Gasteiger partial charge on any atom is -0.496 e. The summed E-state index contributed by atoms with van der Waals surface area (Å²) >= 11 is 0. The van der Waals surface area contributed by atoms with E-state index in [-0.39, 0.29) is 5.91 Å². The molecule has 0 atom stereocenters. The molecule has 0 saturated carbocycles.